The minimum atomic E-state index is -0.393. The SMILES string of the molecule is O=C1c2[nH]nc(-c3ccc(Cl)cc3)c2C(c2ccc(OCc3ccccc3)cc2)N1Cc1ccc(F)cc1. The van der Waals surface area contributed by atoms with Crippen LogP contribution in [0.1, 0.15) is 38.8 Å². The van der Waals surface area contributed by atoms with Crippen molar-refractivity contribution < 1.29 is 13.9 Å². The second-order valence-corrected chi connectivity index (χ2v) is 9.61. The van der Waals surface area contributed by atoms with Gasteiger partial charge in [-0.25, -0.2) is 4.39 Å². The summed E-state index contributed by atoms with van der Waals surface area (Å²) in [5.41, 5.74) is 5.64. The van der Waals surface area contributed by atoms with Crippen LogP contribution in [-0.4, -0.2) is 21.0 Å². The van der Waals surface area contributed by atoms with E-state index in [-0.39, 0.29) is 11.7 Å². The fourth-order valence-electron chi connectivity index (χ4n) is 4.81. The van der Waals surface area contributed by atoms with Crippen LogP contribution in [0.25, 0.3) is 11.3 Å². The molecule has 1 unspecified atom stereocenters. The predicted octanol–water partition coefficient (Wildman–Crippen LogP) is 7.19. The number of aromatic amines is 1. The van der Waals surface area contributed by atoms with Gasteiger partial charge in [0.25, 0.3) is 5.91 Å². The van der Waals surface area contributed by atoms with Crippen LogP contribution in [0.2, 0.25) is 5.02 Å². The summed E-state index contributed by atoms with van der Waals surface area (Å²) in [6, 6.07) is 31.0. The highest BCUT2D eigenvalue weighted by Crippen LogP contribution is 2.44. The van der Waals surface area contributed by atoms with Crippen molar-refractivity contribution in [1.82, 2.24) is 15.1 Å². The number of nitrogens with one attached hydrogen (secondary N) is 1. The molecule has 0 spiro atoms. The molecule has 188 valence electrons. The average Bonchev–Trinajstić information content (AvgIpc) is 3.49. The van der Waals surface area contributed by atoms with Crippen LogP contribution in [0, 0.1) is 5.82 Å². The van der Waals surface area contributed by atoms with E-state index in [1.54, 1.807) is 29.2 Å². The first-order valence-corrected chi connectivity index (χ1v) is 12.6. The Morgan fingerprint density at radius 2 is 1.58 bits per heavy atom. The van der Waals surface area contributed by atoms with E-state index in [1.807, 2.05) is 66.7 Å². The van der Waals surface area contributed by atoms with E-state index in [1.165, 1.54) is 12.1 Å². The Kier molecular flexibility index (Phi) is 6.40. The smallest absolute Gasteiger partial charge is 0.273 e. The third-order valence-electron chi connectivity index (χ3n) is 6.69. The van der Waals surface area contributed by atoms with Crippen molar-refractivity contribution in [2.24, 2.45) is 0 Å². The van der Waals surface area contributed by atoms with Gasteiger partial charge in [-0.3, -0.25) is 9.89 Å². The average molecular weight is 524 g/mol. The highest BCUT2D eigenvalue weighted by atomic mass is 35.5. The molecular formula is C31H23ClFN3O2. The topological polar surface area (TPSA) is 58.2 Å². The number of rotatable bonds is 7. The van der Waals surface area contributed by atoms with Gasteiger partial charge in [-0.15, -0.1) is 0 Å². The zero-order valence-corrected chi connectivity index (χ0v) is 21.0. The number of benzene rings is 4. The van der Waals surface area contributed by atoms with Crippen molar-refractivity contribution in [1.29, 1.82) is 0 Å². The molecule has 0 radical (unpaired) electrons. The summed E-state index contributed by atoms with van der Waals surface area (Å²) in [6.45, 7) is 0.782. The van der Waals surface area contributed by atoms with Crippen LogP contribution in [0.15, 0.2) is 103 Å². The van der Waals surface area contributed by atoms with Crippen molar-refractivity contribution in [3.63, 3.8) is 0 Å². The molecule has 5 aromatic rings. The molecule has 1 aliphatic heterocycles. The number of nitrogens with zero attached hydrogens (tertiary/aromatic N) is 2. The van der Waals surface area contributed by atoms with Gasteiger partial charge >= 0.3 is 0 Å². The van der Waals surface area contributed by atoms with Gasteiger partial charge in [0.15, 0.2) is 0 Å². The van der Waals surface area contributed by atoms with Crippen LogP contribution in [-0.2, 0) is 13.2 Å². The summed E-state index contributed by atoms with van der Waals surface area (Å²) in [4.78, 5) is 15.4. The molecule has 1 amide bonds. The molecule has 4 aromatic carbocycles. The fourth-order valence-corrected chi connectivity index (χ4v) is 4.93. The molecule has 1 atom stereocenters. The van der Waals surface area contributed by atoms with Crippen LogP contribution >= 0.6 is 11.6 Å². The maximum Gasteiger partial charge on any atom is 0.273 e. The van der Waals surface area contributed by atoms with Crippen LogP contribution in [0.4, 0.5) is 4.39 Å². The van der Waals surface area contributed by atoms with E-state index >= 15 is 0 Å². The van der Waals surface area contributed by atoms with Gasteiger partial charge in [0.2, 0.25) is 0 Å². The Labute approximate surface area is 224 Å². The maximum absolute atomic E-state index is 13.6. The van der Waals surface area contributed by atoms with Crippen LogP contribution in [0.3, 0.4) is 0 Å². The van der Waals surface area contributed by atoms with Gasteiger partial charge in [-0.05, 0) is 53.1 Å². The van der Waals surface area contributed by atoms with Crippen LogP contribution in [0.5, 0.6) is 5.75 Å². The molecule has 0 saturated heterocycles. The molecule has 0 fully saturated rings. The van der Waals surface area contributed by atoms with Gasteiger partial charge in [0, 0.05) is 22.7 Å². The summed E-state index contributed by atoms with van der Waals surface area (Å²) in [5, 5.41) is 8.10. The molecule has 0 bridgehead atoms. The third kappa shape index (κ3) is 4.66. The molecule has 7 heteroatoms. The fraction of sp³-hybridized carbons (Fsp3) is 0.0968. The number of fused-ring (bicyclic) bond motifs is 1. The zero-order chi connectivity index (χ0) is 26.1. The molecule has 1 aromatic heterocycles. The second-order valence-electron chi connectivity index (χ2n) is 9.17. The standard InChI is InChI=1S/C31H23ClFN3O2/c32-24-12-8-22(9-13-24)28-27-29(35-34-28)31(37)36(18-20-6-14-25(33)15-7-20)30(27)23-10-16-26(17-11-23)38-19-21-4-2-1-3-5-21/h1-17,30H,18-19H2,(H,34,35). The summed E-state index contributed by atoms with van der Waals surface area (Å²) in [7, 11) is 0. The maximum atomic E-state index is 13.6. The van der Waals surface area contributed by atoms with E-state index in [0.717, 1.165) is 33.6 Å². The lowest BCUT2D eigenvalue weighted by atomic mass is 9.96. The molecule has 5 nitrogen and oxygen atoms in total. The summed E-state index contributed by atoms with van der Waals surface area (Å²) in [5.74, 6) is 0.257. The normalized spacial score (nSPS) is 14.5. The van der Waals surface area contributed by atoms with Crippen molar-refractivity contribution >= 4 is 17.5 Å². The molecule has 2 heterocycles. The Morgan fingerprint density at radius 1 is 0.868 bits per heavy atom. The molecule has 1 aliphatic rings. The highest BCUT2D eigenvalue weighted by Gasteiger charge is 2.42. The number of hydrogen-bond acceptors (Lipinski definition) is 3. The quantitative estimate of drug-likeness (QED) is 0.245. The van der Waals surface area contributed by atoms with E-state index in [0.29, 0.717) is 29.6 Å². The minimum absolute atomic E-state index is 0.161. The summed E-state index contributed by atoms with van der Waals surface area (Å²) in [6.07, 6.45) is 0. The lowest BCUT2D eigenvalue weighted by Gasteiger charge is -2.26. The third-order valence-corrected chi connectivity index (χ3v) is 6.94. The number of carbonyl (C=O) groups is 1. The predicted molar refractivity (Wildman–Crippen MR) is 144 cm³/mol. The number of hydrogen-bond donors (Lipinski definition) is 1. The second kappa shape index (κ2) is 10.1. The number of carbonyl (C=O) groups excluding carboxylic acids is 1. The molecule has 6 rings (SSSR count). The molecule has 0 aliphatic carbocycles. The zero-order valence-electron chi connectivity index (χ0n) is 20.3. The molecule has 38 heavy (non-hydrogen) atoms. The first-order valence-electron chi connectivity index (χ1n) is 12.2. The number of amides is 1. The van der Waals surface area contributed by atoms with E-state index in [9.17, 15) is 9.18 Å². The van der Waals surface area contributed by atoms with E-state index in [2.05, 4.69) is 10.2 Å². The lowest BCUT2D eigenvalue weighted by molar-refractivity contribution is 0.0730. The number of H-pyrrole nitrogens is 1. The van der Waals surface area contributed by atoms with Crippen molar-refractivity contribution in [2.75, 3.05) is 0 Å². The Hall–Kier alpha value is -4.42. The first kappa shape index (κ1) is 23.9. The summed E-state index contributed by atoms with van der Waals surface area (Å²) >= 11 is 6.11. The van der Waals surface area contributed by atoms with Crippen LogP contribution < -0.4 is 4.74 Å². The van der Waals surface area contributed by atoms with Gasteiger partial charge in [-0.2, -0.15) is 5.10 Å². The van der Waals surface area contributed by atoms with Crippen molar-refractivity contribution in [3.8, 4) is 17.0 Å². The Morgan fingerprint density at radius 3 is 2.29 bits per heavy atom. The molecule has 0 saturated carbocycles. The van der Waals surface area contributed by atoms with Gasteiger partial charge in [0.05, 0.1) is 11.7 Å². The molecule has 1 N–H and O–H groups in total. The van der Waals surface area contributed by atoms with E-state index < -0.39 is 6.04 Å². The largest absolute Gasteiger partial charge is 0.489 e. The first-order chi connectivity index (χ1) is 18.6. The Balaban J connectivity index is 1.36. The van der Waals surface area contributed by atoms with Gasteiger partial charge in [0.1, 0.15) is 23.9 Å². The Bertz CT molecular complexity index is 1570. The monoisotopic (exact) mass is 523 g/mol. The molecular weight excluding hydrogens is 501 g/mol. The lowest BCUT2D eigenvalue weighted by Crippen LogP contribution is -2.29. The van der Waals surface area contributed by atoms with Gasteiger partial charge in [-0.1, -0.05) is 78.3 Å². The van der Waals surface area contributed by atoms with Crippen molar-refractivity contribution in [2.45, 2.75) is 19.2 Å². The number of halogens is 2. The van der Waals surface area contributed by atoms with E-state index in [4.69, 9.17) is 16.3 Å². The number of ether oxygens (including phenoxy) is 1. The summed E-state index contributed by atoms with van der Waals surface area (Å²) < 4.78 is 19.5. The van der Waals surface area contributed by atoms with Gasteiger partial charge < -0.3 is 9.64 Å². The minimum Gasteiger partial charge on any atom is -0.489 e. The van der Waals surface area contributed by atoms with Crippen molar-refractivity contribution in [3.05, 3.63) is 142 Å². The highest BCUT2D eigenvalue weighted by molar-refractivity contribution is 6.30. The number of aromatic nitrogens is 2.